The van der Waals surface area contributed by atoms with E-state index in [1.165, 1.54) is 0 Å². The minimum Gasteiger partial charge on any atom is -0.446 e. The van der Waals surface area contributed by atoms with Crippen molar-refractivity contribution >= 4 is 30.5 Å². The van der Waals surface area contributed by atoms with Crippen LogP contribution in [0.2, 0.25) is 0 Å². The summed E-state index contributed by atoms with van der Waals surface area (Å²) in [6.07, 6.45) is 8.44. The van der Waals surface area contributed by atoms with Crippen molar-refractivity contribution in [2.45, 2.75) is 82.4 Å². The molecule has 0 saturated heterocycles. The molecule has 0 spiro atoms. The third-order valence-corrected chi connectivity index (χ3v) is 5.03. The number of nitrogens with one attached hydrogen (secondary N) is 2. The number of alkyl carbamates (subject to hydrolysis) is 1. The van der Waals surface area contributed by atoms with Crippen LogP contribution < -0.4 is 16.4 Å². The van der Waals surface area contributed by atoms with Gasteiger partial charge in [-0.15, -0.1) is 12.6 Å². The first-order chi connectivity index (χ1) is 14.8. The molecule has 0 aliphatic heterocycles. The van der Waals surface area contributed by atoms with Crippen molar-refractivity contribution < 1.29 is 9.53 Å². The predicted molar refractivity (Wildman–Crippen MR) is 126 cm³/mol. The Morgan fingerprint density at radius 3 is 2.45 bits per heavy atom. The van der Waals surface area contributed by atoms with E-state index < -0.39 is 0 Å². The summed E-state index contributed by atoms with van der Waals surface area (Å²) in [6, 6.07) is 4.13. The maximum atomic E-state index is 11.9. The fourth-order valence-electron chi connectivity index (χ4n) is 3.03. The molecule has 1 amide bonds. The van der Waals surface area contributed by atoms with E-state index in [0.717, 1.165) is 36.1 Å². The highest BCUT2D eigenvalue weighted by Crippen LogP contribution is 2.35. The number of ether oxygens (including phenoxy) is 1. The molecule has 0 radical (unpaired) electrons. The number of nitrogens with two attached hydrogens (primary N) is 1. The van der Waals surface area contributed by atoms with Crippen LogP contribution in [0.1, 0.15) is 64.9 Å². The Morgan fingerprint density at radius 1 is 1.19 bits per heavy atom. The van der Waals surface area contributed by atoms with Crippen LogP contribution in [0.15, 0.2) is 35.6 Å². The summed E-state index contributed by atoms with van der Waals surface area (Å²) in [6.45, 7) is 7.88. The second kappa shape index (κ2) is 12.5. The zero-order chi connectivity index (χ0) is 22.8. The van der Waals surface area contributed by atoms with Crippen molar-refractivity contribution in [3.63, 3.8) is 0 Å². The first kappa shape index (κ1) is 24.9. The summed E-state index contributed by atoms with van der Waals surface area (Å²) < 4.78 is 5.53. The van der Waals surface area contributed by atoms with E-state index in [1.54, 1.807) is 6.20 Å². The lowest BCUT2D eigenvalue weighted by Crippen LogP contribution is -2.34. The lowest BCUT2D eigenvalue weighted by atomic mass is 10.0. The van der Waals surface area contributed by atoms with Gasteiger partial charge < -0.3 is 21.1 Å². The van der Waals surface area contributed by atoms with E-state index >= 15 is 0 Å². The van der Waals surface area contributed by atoms with Crippen LogP contribution in [0.3, 0.4) is 0 Å². The lowest BCUT2D eigenvalue weighted by Gasteiger charge is -2.16. The summed E-state index contributed by atoms with van der Waals surface area (Å²) in [5, 5.41) is 5.90. The normalized spacial score (nSPS) is 18.7. The van der Waals surface area contributed by atoms with Gasteiger partial charge in [0, 0.05) is 29.5 Å². The molecule has 2 aromatic heterocycles. The van der Waals surface area contributed by atoms with Gasteiger partial charge in [-0.25, -0.2) is 19.7 Å². The van der Waals surface area contributed by atoms with Crippen molar-refractivity contribution in [2.75, 3.05) is 5.32 Å². The molecule has 31 heavy (non-hydrogen) atoms. The Labute approximate surface area is 190 Å². The minimum atomic E-state index is -0.328. The van der Waals surface area contributed by atoms with Gasteiger partial charge in [0.05, 0.1) is 0 Å². The predicted octanol–water partition coefficient (Wildman–Crippen LogP) is 4.42. The fraction of sp³-hybridized carbons (Fsp3) is 0.545. The Hall–Kier alpha value is -2.39. The maximum absolute atomic E-state index is 11.9. The number of amides is 1. The van der Waals surface area contributed by atoms with E-state index in [-0.39, 0.29) is 18.2 Å². The van der Waals surface area contributed by atoms with E-state index in [4.69, 9.17) is 10.5 Å². The molecule has 170 valence electrons. The van der Waals surface area contributed by atoms with Crippen molar-refractivity contribution in [3.8, 4) is 0 Å². The molecule has 2 aromatic rings. The van der Waals surface area contributed by atoms with Crippen LogP contribution in [0.25, 0.3) is 0 Å². The smallest absolute Gasteiger partial charge is 0.407 e. The number of carbonyl (C=O) groups excluding carboxylic acids is 1. The molecular formula is C22H34N6O2S. The van der Waals surface area contributed by atoms with Crippen LogP contribution in [0.5, 0.6) is 0 Å². The van der Waals surface area contributed by atoms with Gasteiger partial charge >= 0.3 is 6.09 Å². The van der Waals surface area contributed by atoms with E-state index in [1.807, 2.05) is 52.2 Å². The number of hydrogen-bond acceptors (Lipinski definition) is 8. The first-order valence-corrected chi connectivity index (χ1v) is 11.2. The van der Waals surface area contributed by atoms with Crippen LogP contribution in [-0.4, -0.2) is 39.2 Å². The summed E-state index contributed by atoms with van der Waals surface area (Å²) in [5.74, 6) is 1.47. The lowest BCUT2D eigenvalue weighted by molar-refractivity contribution is 0.0975. The highest BCUT2D eigenvalue weighted by molar-refractivity contribution is 7.80. The average molecular weight is 447 g/mol. The van der Waals surface area contributed by atoms with Crippen LogP contribution >= 0.6 is 12.6 Å². The number of nitrogens with zero attached hydrogens (tertiary/aromatic N) is 3. The number of anilines is 2. The molecule has 4 N–H and O–H groups in total. The quantitative estimate of drug-likeness (QED) is 0.486. The molecule has 3 atom stereocenters. The van der Waals surface area contributed by atoms with Crippen LogP contribution in [-0.2, 0) is 4.74 Å². The number of pyridine rings is 1. The maximum Gasteiger partial charge on any atom is 0.407 e. The highest BCUT2D eigenvalue weighted by Gasteiger charge is 2.29. The average Bonchev–Trinajstić information content (AvgIpc) is 3.18. The van der Waals surface area contributed by atoms with E-state index in [2.05, 4.69) is 38.2 Å². The fourth-order valence-corrected chi connectivity index (χ4v) is 3.16. The van der Waals surface area contributed by atoms with Gasteiger partial charge in [0.1, 0.15) is 11.9 Å². The number of rotatable bonds is 6. The summed E-state index contributed by atoms with van der Waals surface area (Å²) in [7, 11) is 0. The molecule has 1 saturated carbocycles. The molecule has 1 fully saturated rings. The second-order valence-electron chi connectivity index (χ2n) is 8.10. The first-order valence-electron chi connectivity index (χ1n) is 10.7. The van der Waals surface area contributed by atoms with Gasteiger partial charge in [-0.05, 0) is 62.3 Å². The Kier molecular flexibility index (Phi) is 10.00. The molecule has 3 rings (SSSR count). The number of hydrogen-bond donors (Lipinski definition) is 4. The van der Waals surface area contributed by atoms with E-state index in [0.29, 0.717) is 23.7 Å². The third-order valence-electron chi connectivity index (χ3n) is 4.77. The number of thiol groups is 1. The van der Waals surface area contributed by atoms with Crippen molar-refractivity contribution in [3.05, 3.63) is 36.3 Å². The molecule has 8 nitrogen and oxygen atoms in total. The highest BCUT2D eigenvalue weighted by atomic mass is 32.1. The Morgan fingerprint density at radius 2 is 1.87 bits per heavy atom. The van der Waals surface area contributed by atoms with Gasteiger partial charge in [0.15, 0.2) is 0 Å². The summed E-state index contributed by atoms with van der Waals surface area (Å²) in [4.78, 5) is 25.6. The Bertz CT molecular complexity index is 798. The van der Waals surface area contributed by atoms with E-state index in [9.17, 15) is 4.79 Å². The van der Waals surface area contributed by atoms with Gasteiger partial charge in [0.25, 0.3) is 0 Å². The number of carbonyl (C=O) groups is 1. The van der Waals surface area contributed by atoms with Gasteiger partial charge in [-0.1, -0.05) is 20.8 Å². The molecular weight excluding hydrogens is 412 g/mol. The zero-order valence-corrected chi connectivity index (χ0v) is 19.6. The molecule has 0 bridgehead atoms. The molecule has 1 aliphatic rings. The second-order valence-corrected chi connectivity index (χ2v) is 8.62. The van der Waals surface area contributed by atoms with Gasteiger partial charge in [0.2, 0.25) is 5.95 Å². The van der Waals surface area contributed by atoms with Crippen molar-refractivity contribution in [1.29, 1.82) is 0 Å². The molecule has 1 aliphatic carbocycles. The minimum absolute atomic E-state index is 0.0548. The topological polar surface area (TPSA) is 115 Å². The summed E-state index contributed by atoms with van der Waals surface area (Å²) >= 11 is 4.21. The largest absolute Gasteiger partial charge is 0.446 e. The molecule has 9 heteroatoms. The Balaban J connectivity index is 0.000000785. The van der Waals surface area contributed by atoms with Crippen LogP contribution in [0.4, 0.5) is 16.6 Å². The third kappa shape index (κ3) is 9.10. The van der Waals surface area contributed by atoms with Crippen LogP contribution in [0, 0.1) is 0 Å². The van der Waals surface area contributed by atoms with Gasteiger partial charge in [-0.3, -0.25) is 0 Å². The monoisotopic (exact) mass is 446 g/mol. The number of aromatic nitrogens is 3. The SMILES string of the molecule is CC(C)N.CCC(C)NC(=O)OC1CCC(c2cnc(Nc3ccc(S)cn3)nc2)C1. The molecule has 3 unspecified atom stereocenters. The summed E-state index contributed by atoms with van der Waals surface area (Å²) in [5.41, 5.74) is 6.17. The standard InChI is InChI=1S/C19H25N5O2S.C3H9N/c1-3-12(2)23-19(25)26-15-5-4-13(8-15)14-9-21-18(22-10-14)24-17-7-6-16(27)11-20-17;1-3(2)4/h6-7,9-13,15,27H,3-5,8H2,1-2H3,(H,23,25)(H,20,21,22,24);3H,4H2,1-2H3. The van der Waals surface area contributed by atoms with Crippen molar-refractivity contribution in [1.82, 2.24) is 20.3 Å². The van der Waals surface area contributed by atoms with Gasteiger partial charge in [-0.2, -0.15) is 0 Å². The zero-order valence-electron chi connectivity index (χ0n) is 18.7. The molecule has 0 aromatic carbocycles. The molecule has 2 heterocycles. The van der Waals surface area contributed by atoms with Crippen molar-refractivity contribution in [2.24, 2.45) is 5.73 Å².